The quantitative estimate of drug-likeness (QED) is 0.645. The lowest BCUT2D eigenvalue weighted by atomic mass is 9.42. The summed E-state index contributed by atoms with van der Waals surface area (Å²) in [5.74, 6) is 2.81. The van der Waals surface area contributed by atoms with Gasteiger partial charge in [0.2, 0.25) is 0 Å². The SMILES string of the molecule is CC(=N)C1CCC2C1(C)CCC1C3(C)CCCCC3CCC12N. The van der Waals surface area contributed by atoms with Crippen LogP contribution in [0.2, 0.25) is 0 Å². The molecule has 0 radical (unpaired) electrons. The molecule has 2 nitrogen and oxygen atoms in total. The molecule has 4 rings (SSSR count). The average molecular weight is 317 g/mol. The summed E-state index contributed by atoms with van der Waals surface area (Å²) in [6, 6.07) is 0. The second kappa shape index (κ2) is 5.07. The van der Waals surface area contributed by atoms with Crippen molar-refractivity contribution in [1.82, 2.24) is 0 Å². The fourth-order valence-electron chi connectivity index (χ4n) is 8.22. The first kappa shape index (κ1) is 16.1. The number of fused-ring (bicyclic) bond motifs is 5. The Balaban J connectivity index is 1.70. The van der Waals surface area contributed by atoms with E-state index in [4.69, 9.17) is 11.1 Å². The highest BCUT2D eigenvalue weighted by Gasteiger charge is 2.65. The Kier molecular flexibility index (Phi) is 3.55. The summed E-state index contributed by atoms with van der Waals surface area (Å²) in [4.78, 5) is 0. The predicted molar refractivity (Wildman–Crippen MR) is 96.7 cm³/mol. The molecule has 0 amide bonds. The molecule has 23 heavy (non-hydrogen) atoms. The van der Waals surface area contributed by atoms with Gasteiger partial charge in [-0.1, -0.05) is 26.7 Å². The first-order chi connectivity index (χ1) is 10.8. The fraction of sp³-hybridized carbons (Fsp3) is 0.952. The summed E-state index contributed by atoms with van der Waals surface area (Å²) in [5, 5.41) is 8.28. The molecule has 3 N–H and O–H groups in total. The molecule has 4 aliphatic rings. The van der Waals surface area contributed by atoms with Crippen LogP contribution < -0.4 is 5.73 Å². The Bertz CT molecular complexity index is 514. The van der Waals surface area contributed by atoms with Crippen molar-refractivity contribution in [3.8, 4) is 0 Å². The second-order valence-corrected chi connectivity index (χ2v) is 10.1. The van der Waals surface area contributed by atoms with Crippen LogP contribution in [-0.2, 0) is 0 Å². The zero-order valence-electron chi connectivity index (χ0n) is 15.5. The minimum absolute atomic E-state index is 0.0553. The molecule has 0 aliphatic heterocycles. The summed E-state index contributed by atoms with van der Waals surface area (Å²) in [6.07, 6.45) is 13.5. The molecule has 7 unspecified atom stereocenters. The van der Waals surface area contributed by atoms with E-state index in [2.05, 4.69) is 13.8 Å². The first-order valence-corrected chi connectivity index (χ1v) is 10.2. The smallest absolute Gasteiger partial charge is 0.0222 e. The Labute approximate surface area is 142 Å². The highest BCUT2D eigenvalue weighted by Crippen LogP contribution is 2.68. The molecule has 4 saturated carbocycles. The topological polar surface area (TPSA) is 49.9 Å². The Morgan fingerprint density at radius 1 is 0.870 bits per heavy atom. The third kappa shape index (κ3) is 2.00. The maximum atomic E-state index is 8.28. The molecule has 4 fully saturated rings. The molecular formula is C21H36N2. The monoisotopic (exact) mass is 316 g/mol. The molecule has 0 bridgehead atoms. The van der Waals surface area contributed by atoms with Crippen LogP contribution in [0, 0.1) is 39.9 Å². The standard InChI is InChI=1S/C21H36N2/c1-14(22)16-7-8-17-20(16,3)12-10-18-19(2)11-5-4-6-15(19)9-13-21(17,18)23/h15-18,22H,4-13,23H2,1-3H3. The molecule has 7 atom stereocenters. The number of hydrogen-bond donors (Lipinski definition) is 2. The predicted octanol–water partition coefficient (Wildman–Crippen LogP) is 5.16. The van der Waals surface area contributed by atoms with Gasteiger partial charge in [0.25, 0.3) is 0 Å². The van der Waals surface area contributed by atoms with Crippen molar-refractivity contribution < 1.29 is 0 Å². The van der Waals surface area contributed by atoms with Gasteiger partial charge in [-0.3, -0.25) is 0 Å². The largest absolute Gasteiger partial charge is 0.325 e. The summed E-state index contributed by atoms with van der Waals surface area (Å²) in [7, 11) is 0. The molecule has 0 spiro atoms. The van der Waals surface area contributed by atoms with E-state index in [0.29, 0.717) is 22.7 Å². The van der Waals surface area contributed by atoms with Gasteiger partial charge in [-0.25, -0.2) is 0 Å². The van der Waals surface area contributed by atoms with Crippen LogP contribution in [0.1, 0.15) is 85.0 Å². The average Bonchev–Trinajstić information content (AvgIpc) is 2.85. The zero-order valence-corrected chi connectivity index (χ0v) is 15.5. The van der Waals surface area contributed by atoms with Crippen molar-refractivity contribution in [3.05, 3.63) is 0 Å². The molecule has 0 aromatic heterocycles. The van der Waals surface area contributed by atoms with Crippen LogP contribution in [-0.4, -0.2) is 11.3 Å². The molecule has 130 valence electrons. The van der Waals surface area contributed by atoms with E-state index in [1.807, 2.05) is 6.92 Å². The summed E-state index contributed by atoms with van der Waals surface area (Å²) < 4.78 is 0. The van der Waals surface area contributed by atoms with Crippen molar-refractivity contribution in [2.75, 3.05) is 0 Å². The maximum absolute atomic E-state index is 8.28. The Morgan fingerprint density at radius 2 is 1.61 bits per heavy atom. The van der Waals surface area contributed by atoms with Crippen LogP contribution in [0.15, 0.2) is 0 Å². The molecule has 0 saturated heterocycles. The molecular weight excluding hydrogens is 280 g/mol. The number of hydrogen-bond acceptors (Lipinski definition) is 2. The fourth-order valence-corrected chi connectivity index (χ4v) is 8.22. The molecule has 0 aromatic carbocycles. The minimum Gasteiger partial charge on any atom is -0.325 e. The van der Waals surface area contributed by atoms with Crippen molar-refractivity contribution in [3.63, 3.8) is 0 Å². The van der Waals surface area contributed by atoms with Crippen LogP contribution in [0.25, 0.3) is 0 Å². The van der Waals surface area contributed by atoms with Crippen molar-refractivity contribution in [1.29, 1.82) is 5.41 Å². The van der Waals surface area contributed by atoms with Crippen LogP contribution >= 0.6 is 0 Å². The van der Waals surface area contributed by atoms with Gasteiger partial charge < -0.3 is 11.1 Å². The van der Waals surface area contributed by atoms with Gasteiger partial charge in [0.05, 0.1) is 0 Å². The van der Waals surface area contributed by atoms with Gasteiger partial charge in [0, 0.05) is 17.2 Å². The highest BCUT2D eigenvalue weighted by atomic mass is 14.9. The van der Waals surface area contributed by atoms with E-state index in [9.17, 15) is 0 Å². The van der Waals surface area contributed by atoms with E-state index < -0.39 is 0 Å². The molecule has 0 heterocycles. The van der Waals surface area contributed by atoms with E-state index in [1.165, 1.54) is 64.2 Å². The molecule has 4 aliphatic carbocycles. The normalized spacial score (nSPS) is 55.7. The minimum atomic E-state index is 0.0553. The number of rotatable bonds is 1. The molecule has 0 aromatic rings. The second-order valence-electron chi connectivity index (χ2n) is 10.1. The van der Waals surface area contributed by atoms with Crippen LogP contribution in [0.3, 0.4) is 0 Å². The molecule has 2 heteroatoms. The van der Waals surface area contributed by atoms with Gasteiger partial charge in [-0.15, -0.1) is 0 Å². The lowest BCUT2D eigenvalue weighted by molar-refractivity contribution is -0.122. The lowest BCUT2D eigenvalue weighted by Gasteiger charge is -2.65. The van der Waals surface area contributed by atoms with E-state index >= 15 is 0 Å². The van der Waals surface area contributed by atoms with Gasteiger partial charge in [-0.05, 0) is 86.9 Å². The third-order valence-electron chi connectivity index (χ3n) is 9.30. The van der Waals surface area contributed by atoms with E-state index in [0.717, 1.165) is 17.5 Å². The third-order valence-corrected chi connectivity index (χ3v) is 9.30. The Hall–Kier alpha value is -0.370. The van der Waals surface area contributed by atoms with Gasteiger partial charge >= 0.3 is 0 Å². The first-order valence-electron chi connectivity index (χ1n) is 10.2. The summed E-state index contributed by atoms with van der Waals surface area (Å²) in [6.45, 7) is 7.11. The maximum Gasteiger partial charge on any atom is 0.0222 e. The van der Waals surface area contributed by atoms with Gasteiger partial charge in [0.15, 0.2) is 0 Å². The van der Waals surface area contributed by atoms with Crippen molar-refractivity contribution in [2.45, 2.75) is 90.5 Å². The van der Waals surface area contributed by atoms with E-state index in [1.54, 1.807) is 0 Å². The van der Waals surface area contributed by atoms with Gasteiger partial charge in [-0.2, -0.15) is 0 Å². The van der Waals surface area contributed by atoms with Crippen LogP contribution in [0.5, 0.6) is 0 Å². The number of nitrogens with two attached hydrogens (primary N) is 1. The van der Waals surface area contributed by atoms with Crippen LogP contribution in [0.4, 0.5) is 0 Å². The van der Waals surface area contributed by atoms with Crippen molar-refractivity contribution in [2.24, 2.45) is 40.2 Å². The summed E-state index contributed by atoms with van der Waals surface area (Å²) >= 11 is 0. The lowest BCUT2D eigenvalue weighted by Crippen LogP contribution is -2.67. The van der Waals surface area contributed by atoms with Gasteiger partial charge in [0.1, 0.15) is 0 Å². The summed E-state index contributed by atoms with van der Waals surface area (Å²) in [5.41, 5.74) is 9.09. The zero-order chi connectivity index (χ0) is 16.5. The van der Waals surface area contributed by atoms with Crippen molar-refractivity contribution >= 4 is 5.71 Å². The van der Waals surface area contributed by atoms with E-state index in [-0.39, 0.29) is 5.54 Å². The Morgan fingerprint density at radius 3 is 2.35 bits per heavy atom. The highest BCUT2D eigenvalue weighted by molar-refractivity contribution is 5.82. The number of nitrogens with one attached hydrogen (secondary N) is 1.